The van der Waals surface area contributed by atoms with Gasteiger partial charge in [0.25, 0.3) is 5.56 Å². The number of hydrogen-bond acceptors (Lipinski definition) is 5. The second kappa shape index (κ2) is 3.85. The lowest BCUT2D eigenvalue weighted by atomic mass is 10.1. The van der Waals surface area contributed by atoms with Gasteiger partial charge in [-0.3, -0.25) is 14.3 Å². The number of aliphatic hydroxyl groups is 2. The number of nitrogens with zero attached hydrogens (tertiary/aromatic N) is 1. The SMILES string of the molecule is C[C@@H]1O[C@H](n2ccc(=O)[nH]c2=O)[C@@H](O)[C@@H]1O. The van der Waals surface area contributed by atoms with Gasteiger partial charge in [-0.25, -0.2) is 4.79 Å². The Morgan fingerprint density at radius 2 is 2.06 bits per heavy atom. The molecule has 1 aliphatic heterocycles. The number of hydrogen-bond donors (Lipinski definition) is 3. The molecule has 0 aromatic carbocycles. The average molecular weight is 228 g/mol. The van der Waals surface area contributed by atoms with E-state index in [1.54, 1.807) is 6.92 Å². The van der Waals surface area contributed by atoms with Crippen molar-refractivity contribution in [2.45, 2.75) is 31.5 Å². The third-order valence-corrected chi connectivity index (χ3v) is 2.60. The van der Waals surface area contributed by atoms with Gasteiger partial charge in [-0.05, 0) is 6.92 Å². The Bertz CT molecular complexity index is 493. The molecule has 0 aliphatic carbocycles. The molecule has 4 atom stereocenters. The van der Waals surface area contributed by atoms with Gasteiger partial charge in [0.15, 0.2) is 6.23 Å². The summed E-state index contributed by atoms with van der Waals surface area (Å²) in [7, 11) is 0. The van der Waals surface area contributed by atoms with E-state index in [1.807, 2.05) is 4.98 Å². The Balaban J connectivity index is 2.39. The molecular weight excluding hydrogens is 216 g/mol. The minimum atomic E-state index is -1.20. The Morgan fingerprint density at radius 3 is 2.56 bits per heavy atom. The van der Waals surface area contributed by atoms with Crippen molar-refractivity contribution in [3.63, 3.8) is 0 Å². The number of rotatable bonds is 1. The molecule has 0 saturated carbocycles. The first-order valence-electron chi connectivity index (χ1n) is 4.84. The van der Waals surface area contributed by atoms with Crippen LogP contribution in [0.3, 0.4) is 0 Å². The quantitative estimate of drug-likeness (QED) is 0.524. The Kier molecular flexibility index (Phi) is 2.66. The highest BCUT2D eigenvalue weighted by atomic mass is 16.6. The predicted octanol–water partition coefficient (Wildman–Crippen LogP) is -1.82. The standard InChI is InChI=1S/C9H12N2O5/c1-4-6(13)7(14)8(16-4)11-3-2-5(12)10-9(11)15/h2-4,6-8,13-14H,1H3,(H,10,12,15)/t4-,6+,7-,8-/m0/s1. The number of nitrogens with one attached hydrogen (secondary N) is 1. The molecule has 16 heavy (non-hydrogen) atoms. The Hall–Kier alpha value is -1.44. The van der Waals surface area contributed by atoms with Crippen molar-refractivity contribution in [3.05, 3.63) is 33.1 Å². The van der Waals surface area contributed by atoms with Gasteiger partial charge in [0.05, 0.1) is 6.10 Å². The predicted molar refractivity (Wildman–Crippen MR) is 52.9 cm³/mol. The number of ether oxygens (including phenoxy) is 1. The van der Waals surface area contributed by atoms with Gasteiger partial charge in [-0.15, -0.1) is 0 Å². The molecule has 0 amide bonds. The summed E-state index contributed by atoms with van der Waals surface area (Å²) >= 11 is 0. The molecular formula is C9H12N2O5. The van der Waals surface area contributed by atoms with E-state index < -0.39 is 35.8 Å². The minimum absolute atomic E-state index is 0.526. The maximum atomic E-state index is 11.4. The molecule has 7 heteroatoms. The normalized spacial score (nSPS) is 34.2. The second-order valence-electron chi connectivity index (χ2n) is 3.73. The number of H-pyrrole nitrogens is 1. The Labute approximate surface area is 89.9 Å². The zero-order valence-corrected chi connectivity index (χ0v) is 8.53. The summed E-state index contributed by atoms with van der Waals surface area (Å²) in [5.74, 6) is 0. The molecule has 7 nitrogen and oxygen atoms in total. The number of aliphatic hydroxyl groups excluding tert-OH is 2. The van der Waals surface area contributed by atoms with Gasteiger partial charge in [-0.2, -0.15) is 0 Å². The molecule has 0 unspecified atom stereocenters. The molecule has 1 aromatic heterocycles. The van der Waals surface area contributed by atoms with Crippen LogP contribution in [0.4, 0.5) is 0 Å². The summed E-state index contributed by atoms with van der Waals surface area (Å²) in [4.78, 5) is 24.3. The van der Waals surface area contributed by atoms with Gasteiger partial charge in [0.1, 0.15) is 12.2 Å². The third kappa shape index (κ3) is 1.69. The molecule has 1 aliphatic rings. The van der Waals surface area contributed by atoms with E-state index >= 15 is 0 Å². The van der Waals surface area contributed by atoms with E-state index in [1.165, 1.54) is 6.20 Å². The highest BCUT2D eigenvalue weighted by Crippen LogP contribution is 2.27. The maximum absolute atomic E-state index is 11.4. The maximum Gasteiger partial charge on any atom is 0.330 e. The molecule has 0 bridgehead atoms. The van der Waals surface area contributed by atoms with Crippen LogP contribution in [0.5, 0.6) is 0 Å². The van der Waals surface area contributed by atoms with E-state index in [9.17, 15) is 19.8 Å². The highest BCUT2D eigenvalue weighted by molar-refractivity contribution is 4.91. The average Bonchev–Trinajstić information content (AvgIpc) is 2.46. The molecule has 2 rings (SSSR count). The van der Waals surface area contributed by atoms with Gasteiger partial charge in [0, 0.05) is 12.3 Å². The van der Waals surface area contributed by atoms with Crippen molar-refractivity contribution >= 4 is 0 Å². The minimum Gasteiger partial charge on any atom is -0.388 e. The summed E-state index contributed by atoms with van der Waals surface area (Å²) in [6.07, 6.45) is -2.57. The fraction of sp³-hybridized carbons (Fsp3) is 0.556. The van der Waals surface area contributed by atoms with Crippen molar-refractivity contribution < 1.29 is 14.9 Å². The smallest absolute Gasteiger partial charge is 0.330 e. The van der Waals surface area contributed by atoms with Crippen LogP contribution in [-0.2, 0) is 4.74 Å². The summed E-state index contributed by atoms with van der Waals surface area (Å²) in [5, 5.41) is 19.1. The third-order valence-electron chi connectivity index (χ3n) is 2.60. The zero-order chi connectivity index (χ0) is 11.9. The van der Waals surface area contributed by atoms with Crippen molar-refractivity contribution in [1.82, 2.24) is 9.55 Å². The van der Waals surface area contributed by atoms with Gasteiger partial charge < -0.3 is 14.9 Å². The first-order chi connectivity index (χ1) is 7.50. The Morgan fingerprint density at radius 1 is 1.38 bits per heavy atom. The molecule has 1 fully saturated rings. The summed E-state index contributed by atoms with van der Waals surface area (Å²) < 4.78 is 6.27. The van der Waals surface area contributed by atoms with Crippen LogP contribution >= 0.6 is 0 Å². The fourth-order valence-electron chi connectivity index (χ4n) is 1.69. The highest BCUT2D eigenvalue weighted by Gasteiger charge is 2.41. The summed E-state index contributed by atoms with van der Waals surface area (Å²) in [5.41, 5.74) is -1.21. The summed E-state index contributed by atoms with van der Waals surface area (Å²) in [6, 6.07) is 1.15. The molecule has 2 heterocycles. The first-order valence-corrected chi connectivity index (χ1v) is 4.84. The van der Waals surface area contributed by atoms with E-state index in [2.05, 4.69) is 0 Å². The van der Waals surface area contributed by atoms with Gasteiger partial charge in [-0.1, -0.05) is 0 Å². The van der Waals surface area contributed by atoms with Crippen LogP contribution in [0.25, 0.3) is 0 Å². The van der Waals surface area contributed by atoms with Gasteiger partial charge in [0.2, 0.25) is 0 Å². The molecule has 1 aromatic rings. The lowest BCUT2D eigenvalue weighted by molar-refractivity contribution is -0.0351. The van der Waals surface area contributed by atoms with Crippen molar-refractivity contribution in [1.29, 1.82) is 0 Å². The van der Waals surface area contributed by atoms with Crippen molar-refractivity contribution in [2.75, 3.05) is 0 Å². The number of aromatic nitrogens is 2. The molecule has 0 spiro atoms. The largest absolute Gasteiger partial charge is 0.388 e. The molecule has 3 N–H and O–H groups in total. The van der Waals surface area contributed by atoms with Gasteiger partial charge >= 0.3 is 5.69 Å². The lowest BCUT2D eigenvalue weighted by Gasteiger charge is -2.16. The monoisotopic (exact) mass is 228 g/mol. The van der Waals surface area contributed by atoms with Crippen molar-refractivity contribution in [2.24, 2.45) is 0 Å². The zero-order valence-electron chi connectivity index (χ0n) is 8.53. The van der Waals surface area contributed by atoms with E-state index in [4.69, 9.17) is 4.74 Å². The van der Waals surface area contributed by atoms with Crippen LogP contribution in [0.1, 0.15) is 13.2 Å². The van der Waals surface area contributed by atoms with E-state index in [0.29, 0.717) is 0 Å². The van der Waals surface area contributed by atoms with Crippen LogP contribution in [0, 0.1) is 0 Å². The molecule has 88 valence electrons. The second-order valence-corrected chi connectivity index (χ2v) is 3.73. The van der Waals surface area contributed by atoms with E-state index in [0.717, 1.165) is 10.6 Å². The van der Waals surface area contributed by atoms with Crippen LogP contribution < -0.4 is 11.2 Å². The van der Waals surface area contributed by atoms with Crippen LogP contribution in [-0.4, -0.2) is 38.1 Å². The molecule has 0 radical (unpaired) electrons. The first kappa shape index (κ1) is 11.1. The van der Waals surface area contributed by atoms with Crippen molar-refractivity contribution in [3.8, 4) is 0 Å². The fourth-order valence-corrected chi connectivity index (χ4v) is 1.69. The lowest BCUT2D eigenvalue weighted by Crippen LogP contribution is -2.37. The molecule has 1 saturated heterocycles. The summed E-state index contributed by atoms with van der Waals surface area (Å²) in [6.45, 7) is 1.59. The van der Waals surface area contributed by atoms with E-state index in [-0.39, 0.29) is 0 Å². The number of aromatic amines is 1. The topological polar surface area (TPSA) is 105 Å². The van der Waals surface area contributed by atoms with Crippen LogP contribution in [0.15, 0.2) is 21.9 Å². The van der Waals surface area contributed by atoms with Crippen LogP contribution in [0.2, 0.25) is 0 Å².